The Morgan fingerprint density at radius 2 is 1.95 bits per heavy atom. The Balaban J connectivity index is 2.56. The minimum Gasteiger partial charge on any atom is -0.396 e. The average molecular weight is 342 g/mol. The van der Waals surface area contributed by atoms with Crippen molar-refractivity contribution in [3.05, 3.63) is 34.3 Å². The molecule has 20 heavy (non-hydrogen) atoms. The molecule has 0 heterocycles. The van der Waals surface area contributed by atoms with Crippen LogP contribution in [0.15, 0.2) is 28.7 Å². The number of carbonyl (C=O) groups is 1. The molecule has 1 aromatic rings. The highest BCUT2D eigenvalue weighted by molar-refractivity contribution is 9.10. The molecule has 1 aromatic carbocycles. The number of hydrogen-bond acceptors (Lipinski definition) is 2. The molecule has 3 nitrogen and oxygen atoms in total. The van der Waals surface area contributed by atoms with E-state index >= 15 is 0 Å². The van der Waals surface area contributed by atoms with E-state index in [1.165, 1.54) is 0 Å². The lowest BCUT2D eigenvalue weighted by atomic mass is 9.79. The summed E-state index contributed by atoms with van der Waals surface area (Å²) in [4.78, 5) is 12.1. The Morgan fingerprint density at radius 3 is 2.50 bits per heavy atom. The molecule has 0 fully saturated rings. The number of amides is 1. The Labute approximate surface area is 129 Å². The van der Waals surface area contributed by atoms with Gasteiger partial charge in [-0.05, 0) is 36.3 Å². The van der Waals surface area contributed by atoms with Crippen molar-refractivity contribution in [3.63, 3.8) is 0 Å². The van der Waals surface area contributed by atoms with Crippen LogP contribution in [-0.4, -0.2) is 24.2 Å². The van der Waals surface area contributed by atoms with Crippen molar-refractivity contribution in [1.82, 2.24) is 5.32 Å². The maximum absolute atomic E-state index is 12.1. The summed E-state index contributed by atoms with van der Waals surface area (Å²) >= 11 is 3.45. The van der Waals surface area contributed by atoms with Gasteiger partial charge in [-0.3, -0.25) is 4.79 Å². The average Bonchev–Trinajstić information content (AvgIpc) is 2.46. The molecule has 0 radical (unpaired) electrons. The quantitative estimate of drug-likeness (QED) is 0.762. The Hall–Kier alpha value is -0.870. The zero-order valence-electron chi connectivity index (χ0n) is 12.3. The number of benzene rings is 1. The lowest BCUT2D eigenvalue weighted by Crippen LogP contribution is -2.38. The molecule has 0 aromatic heterocycles. The van der Waals surface area contributed by atoms with Gasteiger partial charge < -0.3 is 10.4 Å². The van der Waals surface area contributed by atoms with Crippen LogP contribution in [0.2, 0.25) is 0 Å². The van der Waals surface area contributed by atoms with E-state index in [9.17, 15) is 9.90 Å². The van der Waals surface area contributed by atoms with E-state index in [4.69, 9.17) is 0 Å². The van der Waals surface area contributed by atoms with Gasteiger partial charge in [0.15, 0.2) is 0 Å². The number of aliphatic hydroxyl groups is 1. The normalized spacial score (nSPS) is 11.4. The molecule has 0 spiro atoms. The second-order valence-electron chi connectivity index (χ2n) is 5.23. The van der Waals surface area contributed by atoms with Crippen LogP contribution in [0.25, 0.3) is 0 Å². The summed E-state index contributed by atoms with van der Waals surface area (Å²) in [5.74, 6) is 0.0288. The van der Waals surface area contributed by atoms with Crippen molar-refractivity contribution in [2.75, 3.05) is 13.2 Å². The summed E-state index contributed by atoms with van der Waals surface area (Å²) in [6.45, 7) is 5.02. The molecule has 0 saturated carbocycles. The summed E-state index contributed by atoms with van der Waals surface area (Å²) in [7, 11) is 0. The van der Waals surface area contributed by atoms with Crippen molar-refractivity contribution in [1.29, 1.82) is 0 Å². The molecular formula is C16H24BrNO2. The van der Waals surface area contributed by atoms with Crippen LogP contribution >= 0.6 is 15.9 Å². The fraction of sp³-hybridized carbons (Fsp3) is 0.562. The fourth-order valence-corrected chi connectivity index (χ4v) is 2.77. The second-order valence-corrected chi connectivity index (χ2v) is 6.08. The van der Waals surface area contributed by atoms with Gasteiger partial charge in [0.2, 0.25) is 5.91 Å². The SMILES string of the molecule is CCC(CC)(CCO)CNC(=O)Cc1ccccc1Br. The maximum Gasteiger partial charge on any atom is 0.224 e. The predicted octanol–water partition coefficient (Wildman–Crippen LogP) is 3.30. The minimum atomic E-state index is 0.0122. The molecule has 1 rings (SSSR count). The van der Waals surface area contributed by atoms with Crippen molar-refractivity contribution >= 4 is 21.8 Å². The summed E-state index contributed by atoms with van der Waals surface area (Å²) in [5, 5.41) is 12.2. The number of nitrogens with one attached hydrogen (secondary N) is 1. The van der Waals surface area contributed by atoms with Crippen LogP contribution in [0.4, 0.5) is 0 Å². The largest absolute Gasteiger partial charge is 0.396 e. The van der Waals surface area contributed by atoms with Crippen LogP contribution in [0, 0.1) is 5.41 Å². The first kappa shape index (κ1) is 17.2. The van der Waals surface area contributed by atoms with Crippen molar-refractivity contribution < 1.29 is 9.90 Å². The van der Waals surface area contributed by atoms with Crippen molar-refractivity contribution in [3.8, 4) is 0 Å². The maximum atomic E-state index is 12.1. The Kier molecular flexibility index (Phi) is 7.24. The summed E-state index contributed by atoms with van der Waals surface area (Å²) in [5.41, 5.74) is 1.00. The van der Waals surface area contributed by atoms with Crippen LogP contribution in [0.5, 0.6) is 0 Å². The third-order valence-electron chi connectivity index (χ3n) is 4.11. The number of carbonyl (C=O) groups excluding carboxylic acids is 1. The lowest BCUT2D eigenvalue weighted by molar-refractivity contribution is -0.121. The Bertz CT molecular complexity index is 430. The zero-order chi connectivity index (χ0) is 15.0. The van der Waals surface area contributed by atoms with Crippen LogP contribution < -0.4 is 5.32 Å². The number of rotatable bonds is 8. The van der Waals surface area contributed by atoms with E-state index in [0.29, 0.717) is 13.0 Å². The second kappa shape index (κ2) is 8.42. The van der Waals surface area contributed by atoms with E-state index in [0.717, 1.165) is 29.3 Å². The molecule has 0 bridgehead atoms. The van der Waals surface area contributed by atoms with Gasteiger partial charge in [-0.2, -0.15) is 0 Å². The summed E-state index contributed by atoms with van der Waals surface area (Å²) < 4.78 is 0.961. The molecule has 0 aliphatic carbocycles. The molecule has 0 unspecified atom stereocenters. The topological polar surface area (TPSA) is 49.3 Å². The van der Waals surface area contributed by atoms with E-state index < -0.39 is 0 Å². The first-order valence-electron chi connectivity index (χ1n) is 7.18. The zero-order valence-corrected chi connectivity index (χ0v) is 13.9. The molecule has 0 aliphatic heterocycles. The summed E-state index contributed by atoms with van der Waals surface area (Å²) in [6, 6.07) is 7.76. The predicted molar refractivity (Wildman–Crippen MR) is 85.6 cm³/mol. The van der Waals surface area contributed by atoms with Gasteiger partial charge in [0.25, 0.3) is 0 Å². The number of halogens is 1. The van der Waals surface area contributed by atoms with Gasteiger partial charge in [0, 0.05) is 17.6 Å². The first-order valence-corrected chi connectivity index (χ1v) is 7.97. The molecule has 0 aliphatic rings. The molecule has 2 N–H and O–H groups in total. The Morgan fingerprint density at radius 1 is 1.30 bits per heavy atom. The van der Waals surface area contributed by atoms with Crippen LogP contribution in [0.3, 0.4) is 0 Å². The standard InChI is InChI=1S/C16H24BrNO2/c1-3-16(4-2,9-10-19)12-18-15(20)11-13-7-5-6-8-14(13)17/h5-8,19H,3-4,9-12H2,1-2H3,(H,18,20). The number of hydrogen-bond donors (Lipinski definition) is 2. The van der Waals surface area contributed by atoms with Gasteiger partial charge >= 0.3 is 0 Å². The van der Waals surface area contributed by atoms with Crippen LogP contribution in [0.1, 0.15) is 38.7 Å². The van der Waals surface area contributed by atoms with Gasteiger partial charge in [0.05, 0.1) is 6.42 Å². The molecule has 1 amide bonds. The van der Waals surface area contributed by atoms with E-state index in [2.05, 4.69) is 35.1 Å². The van der Waals surface area contributed by atoms with Crippen LogP contribution in [-0.2, 0) is 11.2 Å². The van der Waals surface area contributed by atoms with E-state index in [1.54, 1.807) is 0 Å². The highest BCUT2D eigenvalue weighted by atomic mass is 79.9. The fourth-order valence-electron chi connectivity index (χ4n) is 2.34. The molecule has 4 heteroatoms. The molecule has 0 saturated heterocycles. The highest BCUT2D eigenvalue weighted by Gasteiger charge is 2.26. The monoisotopic (exact) mass is 341 g/mol. The third kappa shape index (κ3) is 4.91. The van der Waals surface area contributed by atoms with Gasteiger partial charge in [-0.1, -0.05) is 48.0 Å². The first-order chi connectivity index (χ1) is 9.56. The molecular weight excluding hydrogens is 318 g/mol. The van der Waals surface area contributed by atoms with Gasteiger partial charge in [0.1, 0.15) is 0 Å². The smallest absolute Gasteiger partial charge is 0.224 e. The molecule has 112 valence electrons. The lowest BCUT2D eigenvalue weighted by Gasteiger charge is -2.31. The third-order valence-corrected chi connectivity index (χ3v) is 4.89. The number of aliphatic hydroxyl groups excluding tert-OH is 1. The van der Waals surface area contributed by atoms with E-state index in [1.807, 2.05) is 24.3 Å². The highest BCUT2D eigenvalue weighted by Crippen LogP contribution is 2.29. The summed E-state index contributed by atoms with van der Waals surface area (Å²) in [6.07, 6.45) is 3.03. The minimum absolute atomic E-state index is 0.0122. The molecule has 0 atom stereocenters. The van der Waals surface area contributed by atoms with E-state index in [-0.39, 0.29) is 17.9 Å². The van der Waals surface area contributed by atoms with Crippen molar-refractivity contribution in [2.45, 2.75) is 39.5 Å². The van der Waals surface area contributed by atoms with Gasteiger partial charge in [-0.15, -0.1) is 0 Å². The van der Waals surface area contributed by atoms with Crippen molar-refractivity contribution in [2.24, 2.45) is 5.41 Å². The van der Waals surface area contributed by atoms with Gasteiger partial charge in [-0.25, -0.2) is 0 Å².